The molecular weight excluding hydrogens is 393 g/mol. The van der Waals surface area contributed by atoms with Gasteiger partial charge in [-0.1, -0.05) is 23.4 Å². The first-order valence-corrected chi connectivity index (χ1v) is 8.14. The maximum absolute atomic E-state index is 12.6. The van der Waals surface area contributed by atoms with Crippen molar-refractivity contribution in [2.75, 3.05) is 18.2 Å². The van der Waals surface area contributed by atoms with E-state index in [-0.39, 0.29) is 40.7 Å². The van der Waals surface area contributed by atoms with Gasteiger partial charge in [0.25, 0.3) is 5.91 Å². The summed E-state index contributed by atoms with van der Waals surface area (Å²) in [6, 6.07) is 8.36. The van der Waals surface area contributed by atoms with Crippen molar-refractivity contribution in [2.24, 2.45) is 0 Å². The minimum absolute atomic E-state index is 0.0489. The second-order valence-electron chi connectivity index (χ2n) is 5.72. The first-order valence-electron chi connectivity index (χ1n) is 8.14. The van der Waals surface area contributed by atoms with Crippen LogP contribution in [0, 0.1) is 0 Å². The van der Waals surface area contributed by atoms with Crippen LogP contribution in [0.15, 0.2) is 47.1 Å². The van der Waals surface area contributed by atoms with E-state index in [0.29, 0.717) is 0 Å². The lowest BCUT2D eigenvalue weighted by atomic mass is 10.1. The van der Waals surface area contributed by atoms with Crippen LogP contribution in [-0.4, -0.2) is 29.5 Å². The highest BCUT2D eigenvalue weighted by atomic mass is 19.4. The van der Waals surface area contributed by atoms with Crippen LogP contribution >= 0.6 is 0 Å². The van der Waals surface area contributed by atoms with Gasteiger partial charge in [0.1, 0.15) is 29.6 Å². The predicted molar refractivity (Wildman–Crippen MR) is 95.9 cm³/mol. The number of benzene rings is 1. The van der Waals surface area contributed by atoms with Crippen LogP contribution < -0.4 is 15.8 Å². The lowest BCUT2D eigenvalue weighted by Crippen LogP contribution is -2.17. The summed E-state index contributed by atoms with van der Waals surface area (Å²) in [5.41, 5.74) is 6.38. The molecule has 0 bridgehead atoms. The van der Waals surface area contributed by atoms with Crippen LogP contribution in [0.3, 0.4) is 0 Å². The molecule has 0 saturated carbocycles. The molecule has 3 N–H and O–H groups in total. The van der Waals surface area contributed by atoms with Crippen molar-refractivity contribution >= 4 is 17.5 Å². The number of ether oxygens (including phenoxy) is 2. The van der Waals surface area contributed by atoms with E-state index in [1.165, 1.54) is 49.7 Å². The quantitative estimate of drug-likeness (QED) is 0.641. The summed E-state index contributed by atoms with van der Waals surface area (Å²) in [5.74, 6) is -0.746. The number of nitrogens with one attached hydrogen (secondary N) is 1. The molecule has 0 aliphatic rings. The summed E-state index contributed by atoms with van der Waals surface area (Å²) in [7, 11) is 1.44. The van der Waals surface area contributed by atoms with Gasteiger partial charge in [-0.15, -0.1) is 13.2 Å². The molecule has 0 fully saturated rings. The molecule has 3 aromatic rings. The highest BCUT2D eigenvalue weighted by Gasteiger charge is 2.32. The van der Waals surface area contributed by atoms with Crippen LogP contribution in [0.1, 0.15) is 16.1 Å². The van der Waals surface area contributed by atoms with Gasteiger partial charge >= 0.3 is 6.36 Å². The molecule has 0 atom stereocenters. The predicted octanol–water partition coefficient (Wildman–Crippen LogP) is 3.62. The zero-order valence-corrected chi connectivity index (χ0v) is 15.0. The molecule has 29 heavy (non-hydrogen) atoms. The number of hydrogen-bond acceptors (Lipinski definition) is 7. The van der Waals surface area contributed by atoms with Crippen molar-refractivity contribution in [3.8, 4) is 16.9 Å². The number of methoxy groups -OCH3 is 1. The van der Waals surface area contributed by atoms with Crippen molar-refractivity contribution < 1.29 is 32.0 Å². The molecule has 0 spiro atoms. The molecule has 0 aliphatic heterocycles. The Morgan fingerprint density at radius 3 is 2.66 bits per heavy atom. The molecule has 11 heteroatoms. The van der Waals surface area contributed by atoms with Gasteiger partial charge in [-0.2, -0.15) is 0 Å². The fourth-order valence-corrected chi connectivity index (χ4v) is 2.54. The monoisotopic (exact) mass is 408 g/mol. The molecular formula is C18H15F3N4O4. The molecule has 0 radical (unpaired) electrons. The summed E-state index contributed by atoms with van der Waals surface area (Å²) in [5, 5.41) is 6.07. The molecule has 0 aliphatic carbocycles. The van der Waals surface area contributed by atoms with Gasteiger partial charge < -0.3 is 25.0 Å². The number of nitrogens with zero attached hydrogens (tertiary/aromatic N) is 2. The average Bonchev–Trinajstić information content (AvgIpc) is 3.10. The number of rotatable bonds is 6. The van der Waals surface area contributed by atoms with Crippen LogP contribution in [0.2, 0.25) is 0 Å². The molecule has 2 aromatic heterocycles. The molecule has 152 valence electrons. The number of carbonyl (C=O) groups excluding carboxylic acids is 1. The Bertz CT molecular complexity index is 1020. The molecule has 2 heterocycles. The number of nitrogen functional groups attached to an aromatic ring is 1. The van der Waals surface area contributed by atoms with Gasteiger partial charge in [0, 0.05) is 18.2 Å². The van der Waals surface area contributed by atoms with Crippen molar-refractivity contribution in [1.82, 2.24) is 10.1 Å². The van der Waals surface area contributed by atoms with Gasteiger partial charge in [-0.25, -0.2) is 4.98 Å². The number of hydrogen-bond donors (Lipinski definition) is 2. The third-order valence-corrected chi connectivity index (χ3v) is 3.73. The van der Waals surface area contributed by atoms with Crippen LogP contribution in [0.25, 0.3) is 11.1 Å². The van der Waals surface area contributed by atoms with E-state index in [1.807, 2.05) is 0 Å². The van der Waals surface area contributed by atoms with E-state index < -0.39 is 18.0 Å². The number of alkyl halides is 3. The third-order valence-electron chi connectivity index (χ3n) is 3.73. The van der Waals surface area contributed by atoms with E-state index in [9.17, 15) is 18.0 Å². The molecule has 0 saturated heterocycles. The van der Waals surface area contributed by atoms with Gasteiger partial charge in [0.15, 0.2) is 5.76 Å². The Morgan fingerprint density at radius 2 is 1.97 bits per heavy atom. The van der Waals surface area contributed by atoms with E-state index >= 15 is 0 Å². The summed E-state index contributed by atoms with van der Waals surface area (Å²) >= 11 is 0. The second-order valence-corrected chi connectivity index (χ2v) is 5.72. The lowest BCUT2D eigenvalue weighted by Gasteiger charge is -2.14. The minimum Gasteiger partial charge on any atom is -0.405 e. The Labute approximate surface area is 162 Å². The molecule has 3 rings (SSSR count). The number of nitrogens with two attached hydrogens (primary N) is 1. The normalized spacial score (nSPS) is 11.3. The highest BCUT2D eigenvalue weighted by molar-refractivity contribution is 6.04. The average molecular weight is 408 g/mol. The Kier molecular flexibility index (Phi) is 5.69. The summed E-state index contributed by atoms with van der Waals surface area (Å²) in [6.45, 7) is 0.0489. The molecule has 8 nitrogen and oxygen atoms in total. The fraction of sp³-hybridized carbons (Fsp3) is 0.167. The van der Waals surface area contributed by atoms with Crippen molar-refractivity contribution in [1.29, 1.82) is 0 Å². The van der Waals surface area contributed by atoms with E-state index in [4.69, 9.17) is 15.0 Å². The van der Waals surface area contributed by atoms with E-state index in [1.54, 1.807) is 0 Å². The number of aromatic nitrogens is 2. The van der Waals surface area contributed by atoms with Crippen LogP contribution in [-0.2, 0) is 11.3 Å². The zero-order chi connectivity index (χ0) is 21.0. The third kappa shape index (κ3) is 4.82. The fourth-order valence-electron chi connectivity index (χ4n) is 2.54. The molecule has 0 unspecified atom stereocenters. The first-order chi connectivity index (χ1) is 13.8. The van der Waals surface area contributed by atoms with Gasteiger partial charge in [-0.05, 0) is 18.2 Å². The Balaban J connectivity index is 1.85. The van der Waals surface area contributed by atoms with Crippen molar-refractivity contribution in [3.05, 3.63) is 53.9 Å². The van der Waals surface area contributed by atoms with Gasteiger partial charge in [0.2, 0.25) is 0 Å². The number of halogens is 3. The van der Waals surface area contributed by atoms with Gasteiger partial charge in [-0.3, -0.25) is 4.79 Å². The number of para-hydroxylation sites is 1. The summed E-state index contributed by atoms with van der Waals surface area (Å²) in [4.78, 5) is 16.4. The largest absolute Gasteiger partial charge is 0.573 e. The minimum atomic E-state index is -4.86. The second kappa shape index (κ2) is 8.19. The number of pyridine rings is 1. The summed E-state index contributed by atoms with van der Waals surface area (Å²) in [6.07, 6.45) is -3.63. The molecule has 1 aromatic carbocycles. The topological polar surface area (TPSA) is 112 Å². The maximum Gasteiger partial charge on any atom is 0.573 e. The SMILES string of the molecule is COCc1oncc1C(=O)Nc1ccc(-c2ccccc2OC(F)(F)F)c(N)n1. The highest BCUT2D eigenvalue weighted by Crippen LogP contribution is 2.36. The summed E-state index contributed by atoms with van der Waals surface area (Å²) < 4.78 is 51.8. The first kappa shape index (κ1) is 20.1. The van der Waals surface area contributed by atoms with Crippen molar-refractivity contribution in [2.45, 2.75) is 13.0 Å². The number of amides is 1. The van der Waals surface area contributed by atoms with E-state index in [0.717, 1.165) is 0 Å². The zero-order valence-electron chi connectivity index (χ0n) is 15.0. The standard InChI is InChI=1S/C18H15F3N4O4/c1-27-9-14-12(8-23-29-14)17(26)25-15-7-6-11(16(22)24-15)10-4-2-3-5-13(10)28-18(19,20)21/h2-8H,9H2,1H3,(H3,22,24,25,26). The van der Waals surface area contributed by atoms with Crippen molar-refractivity contribution in [3.63, 3.8) is 0 Å². The van der Waals surface area contributed by atoms with E-state index in [2.05, 4.69) is 20.2 Å². The van der Waals surface area contributed by atoms with Crippen LogP contribution in [0.5, 0.6) is 5.75 Å². The molecule has 1 amide bonds. The number of anilines is 2. The Morgan fingerprint density at radius 1 is 1.21 bits per heavy atom. The maximum atomic E-state index is 12.6. The number of carbonyl (C=O) groups is 1. The Hall–Kier alpha value is -3.60. The lowest BCUT2D eigenvalue weighted by molar-refractivity contribution is -0.274. The van der Waals surface area contributed by atoms with Gasteiger partial charge in [0.05, 0.1) is 6.20 Å². The van der Waals surface area contributed by atoms with Crippen LogP contribution in [0.4, 0.5) is 24.8 Å². The smallest absolute Gasteiger partial charge is 0.405 e.